The zero-order valence-electron chi connectivity index (χ0n) is 15.7. The second-order valence-corrected chi connectivity index (χ2v) is 8.50. The van der Waals surface area contributed by atoms with E-state index in [0.717, 1.165) is 18.9 Å². The SMILES string of the molecule is CCCCNC(=O)CN1CCN(S(=O)(=O)c2cc([N+](=O)[O-])ccc2C)CC1. The Kier molecular flexibility index (Phi) is 7.28. The fourth-order valence-corrected chi connectivity index (χ4v) is 4.58. The summed E-state index contributed by atoms with van der Waals surface area (Å²) in [6.45, 7) is 5.92. The number of nitrogens with zero attached hydrogens (tertiary/aromatic N) is 3. The van der Waals surface area contributed by atoms with Crippen LogP contribution in [0.3, 0.4) is 0 Å². The summed E-state index contributed by atoms with van der Waals surface area (Å²) >= 11 is 0. The van der Waals surface area contributed by atoms with Crippen LogP contribution in [0.4, 0.5) is 5.69 Å². The maximum absolute atomic E-state index is 12.9. The first-order valence-electron chi connectivity index (χ1n) is 9.00. The number of nitrogens with one attached hydrogen (secondary N) is 1. The van der Waals surface area contributed by atoms with Crippen LogP contribution in [0.15, 0.2) is 23.1 Å². The molecule has 1 aliphatic heterocycles. The van der Waals surface area contributed by atoms with Crippen molar-refractivity contribution in [2.75, 3.05) is 39.3 Å². The van der Waals surface area contributed by atoms with Crippen molar-refractivity contribution in [2.45, 2.75) is 31.6 Å². The molecule has 0 atom stereocenters. The van der Waals surface area contributed by atoms with Crippen molar-refractivity contribution in [1.29, 1.82) is 0 Å². The Morgan fingerprint density at radius 2 is 1.93 bits per heavy atom. The number of aryl methyl sites for hydroxylation is 1. The molecule has 0 saturated carbocycles. The van der Waals surface area contributed by atoms with Gasteiger partial charge in [0.1, 0.15) is 0 Å². The number of carbonyl (C=O) groups excluding carboxylic acids is 1. The molecule has 0 spiro atoms. The molecular weight excluding hydrogens is 372 g/mol. The lowest BCUT2D eigenvalue weighted by molar-refractivity contribution is -0.385. The summed E-state index contributed by atoms with van der Waals surface area (Å²) in [6.07, 6.45) is 1.94. The second-order valence-electron chi connectivity index (χ2n) is 6.59. The van der Waals surface area contributed by atoms with Crippen molar-refractivity contribution >= 4 is 21.6 Å². The molecule has 1 amide bonds. The Hall–Kier alpha value is -2.04. The van der Waals surface area contributed by atoms with Gasteiger partial charge in [-0.1, -0.05) is 19.4 Å². The van der Waals surface area contributed by atoms with Gasteiger partial charge in [-0.25, -0.2) is 8.42 Å². The highest BCUT2D eigenvalue weighted by atomic mass is 32.2. The number of nitro groups is 1. The second kappa shape index (κ2) is 9.25. The number of carbonyl (C=O) groups is 1. The average Bonchev–Trinajstić information content (AvgIpc) is 2.62. The van der Waals surface area contributed by atoms with E-state index < -0.39 is 14.9 Å². The van der Waals surface area contributed by atoms with Crippen LogP contribution >= 0.6 is 0 Å². The van der Waals surface area contributed by atoms with Crippen molar-refractivity contribution < 1.29 is 18.1 Å². The number of benzene rings is 1. The fraction of sp³-hybridized carbons (Fsp3) is 0.588. The molecule has 9 nitrogen and oxygen atoms in total. The van der Waals surface area contributed by atoms with E-state index in [2.05, 4.69) is 12.2 Å². The van der Waals surface area contributed by atoms with Gasteiger partial charge >= 0.3 is 0 Å². The minimum absolute atomic E-state index is 0.0394. The summed E-state index contributed by atoms with van der Waals surface area (Å²) in [4.78, 5) is 24.1. The summed E-state index contributed by atoms with van der Waals surface area (Å²) < 4.78 is 27.1. The maximum Gasteiger partial charge on any atom is 0.270 e. The molecule has 1 aromatic carbocycles. The zero-order chi connectivity index (χ0) is 20.0. The van der Waals surface area contributed by atoms with Crippen molar-refractivity contribution in [3.8, 4) is 0 Å². The number of unbranched alkanes of at least 4 members (excludes halogenated alkanes) is 1. The Morgan fingerprint density at radius 1 is 1.26 bits per heavy atom. The topological polar surface area (TPSA) is 113 Å². The summed E-state index contributed by atoms with van der Waals surface area (Å²) in [6, 6.07) is 3.85. The molecule has 2 rings (SSSR count). The third kappa shape index (κ3) is 5.47. The van der Waals surface area contributed by atoms with E-state index in [9.17, 15) is 23.3 Å². The average molecular weight is 398 g/mol. The Morgan fingerprint density at radius 3 is 2.52 bits per heavy atom. The number of sulfonamides is 1. The van der Waals surface area contributed by atoms with Gasteiger partial charge in [-0.2, -0.15) is 4.31 Å². The van der Waals surface area contributed by atoms with Crippen molar-refractivity contribution in [2.24, 2.45) is 0 Å². The smallest absolute Gasteiger partial charge is 0.270 e. The van der Waals surface area contributed by atoms with Crippen LogP contribution in [0.5, 0.6) is 0 Å². The normalized spacial score (nSPS) is 16.2. The quantitative estimate of drug-likeness (QED) is 0.399. The molecule has 0 bridgehead atoms. The maximum atomic E-state index is 12.9. The molecule has 1 aromatic rings. The highest BCUT2D eigenvalue weighted by Gasteiger charge is 2.31. The standard InChI is InChI=1S/C17H26N4O5S/c1-3-4-7-18-17(22)13-19-8-10-20(11-9-19)27(25,26)16-12-15(21(23)24)6-5-14(16)2/h5-6,12H,3-4,7-11,13H2,1-2H3,(H,18,22). The summed E-state index contributed by atoms with van der Waals surface area (Å²) in [5, 5.41) is 13.8. The summed E-state index contributed by atoms with van der Waals surface area (Å²) in [7, 11) is -3.82. The van der Waals surface area contributed by atoms with Gasteiger partial charge in [0, 0.05) is 44.9 Å². The van der Waals surface area contributed by atoms with E-state index in [0.29, 0.717) is 25.2 Å². The lowest BCUT2D eigenvalue weighted by atomic mass is 10.2. The first kappa shape index (κ1) is 21.3. The number of hydrogen-bond donors (Lipinski definition) is 1. The van der Waals surface area contributed by atoms with Crippen molar-refractivity contribution in [3.05, 3.63) is 33.9 Å². The molecule has 0 radical (unpaired) electrons. The first-order valence-corrected chi connectivity index (χ1v) is 10.4. The minimum Gasteiger partial charge on any atom is -0.355 e. The minimum atomic E-state index is -3.82. The Balaban J connectivity index is 2.00. The van der Waals surface area contributed by atoms with Crippen LogP contribution in [0.25, 0.3) is 0 Å². The largest absolute Gasteiger partial charge is 0.355 e. The number of amides is 1. The number of rotatable bonds is 8. The molecular formula is C17H26N4O5S. The highest BCUT2D eigenvalue weighted by molar-refractivity contribution is 7.89. The van der Waals surface area contributed by atoms with Crippen LogP contribution in [0.1, 0.15) is 25.3 Å². The predicted molar refractivity (Wildman–Crippen MR) is 101 cm³/mol. The molecule has 150 valence electrons. The molecule has 1 aliphatic rings. The third-order valence-electron chi connectivity index (χ3n) is 4.55. The van der Waals surface area contributed by atoms with E-state index in [1.54, 1.807) is 6.92 Å². The van der Waals surface area contributed by atoms with Crippen LogP contribution in [0, 0.1) is 17.0 Å². The van der Waals surface area contributed by atoms with Gasteiger partial charge in [0.15, 0.2) is 0 Å². The highest BCUT2D eigenvalue weighted by Crippen LogP contribution is 2.25. The third-order valence-corrected chi connectivity index (χ3v) is 6.59. The molecule has 1 N–H and O–H groups in total. The van der Waals surface area contributed by atoms with Gasteiger partial charge in [0.25, 0.3) is 5.69 Å². The van der Waals surface area contributed by atoms with Crippen molar-refractivity contribution in [1.82, 2.24) is 14.5 Å². The zero-order valence-corrected chi connectivity index (χ0v) is 16.5. The van der Waals surface area contributed by atoms with Gasteiger partial charge in [-0.3, -0.25) is 19.8 Å². The molecule has 0 unspecified atom stereocenters. The van der Waals surface area contributed by atoms with Gasteiger partial charge in [0.2, 0.25) is 15.9 Å². The Labute approximate surface area is 159 Å². The Bertz CT molecular complexity index is 789. The first-order chi connectivity index (χ1) is 12.8. The molecule has 0 aliphatic carbocycles. The van der Waals surface area contributed by atoms with Crippen LogP contribution in [-0.4, -0.2) is 67.7 Å². The summed E-state index contributed by atoms with van der Waals surface area (Å²) in [5.74, 6) is -0.0608. The van der Waals surface area contributed by atoms with E-state index in [1.165, 1.54) is 16.4 Å². The predicted octanol–water partition coefficient (Wildman–Crippen LogP) is 1.13. The fourth-order valence-electron chi connectivity index (χ4n) is 2.91. The van der Waals surface area contributed by atoms with Gasteiger partial charge in [-0.15, -0.1) is 0 Å². The van der Waals surface area contributed by atoms with E-state index in [1.807, 2.05) is 4.90 Å². The van der Waals surface area contributed by atoms with Gasteiger partial charge < -0.3 is 5.32 Å². The number of nitro benzene ring substituents is 1. The van der Waals surface area contributed by atoms with Crippen molar-refractivity contribution in [3.63, 3.8) is 0 Å². The molecule has 10 heteroatoms. The summed E-state index contributed by atoms with van der Waals surface area (Å²) in [5.41, 5.74) is 0.222. The molecule has 1 saturated heterocycles. The van der Waals surface area contributed by atoms with Gasteiger partial charge in [-0.05, 0) is 18.9 Å². The van der Waals surface area contributed by atoms with Gasteiger partial charge in [0.05, 0.1) is 16.4 Å². The van der Waals surface area contributed by atoms with Crippen LogP contribution < -0.4 is 5.32 Å². The molecule has 1 fully saturated rings. The number of non-ortho nitro benzene ring substituents is 1. The monoisotopic (exact) mass is 398 g/mol. The molecule has 27 heavy (non-hydrogen) atoms. The molecule has 1 heterocycles. The lowest BCUT2D eigenvalue weighted by Gasteiger charge is -2.33. The molecule has 0 aromatic heterocycles. The number of piperazine rings is 1. The van der Waals surface area contributed by atoms with Crippen LogP contribution in [-0.2, 0) is 14.8 Å². The van der Waals surface area contributed by atoms with E-state index in [-0.39, 0.29) is 36.1 Å². The van der Waals surface area contributed by atoms with Crippen LogP contribution in [0.2, 0.25) is 0 Å². The lowest BCUT2D eigenvalue weighted by Crippen LogP contribution is -2.51. The number of hydrogen-bond acceptors (Lipinski definition) is 6. The van der Waals surface area contributed by atoms with E-state index in [4.69, 9.17) is 0 Å². The van der Waals surface area contributed by atoms with E-state index >= 15 is 0 Å².